The third-order valence-corrected chi connectivity index (χ3v) is 2.97. The van der Waals surface area contributed by atoms with Crippen molar-refractivity contribution < 1.29 is 4.79 Å². The third kappa shape index (κ3) is 2.44. The molecule has 0 aromatic carbocycles. The van der Waals surface area contributed by atoms with E-state index in [1.807, 2.05) is 4.90 Å². The minimum atomic E-state index is 0.219. The van der Waals surface area contributed by atoms with Gasteiger partial charge in [0.2, 0.25) is 5.91 Å². The van der Waals surface area contributed by atoms with E-state index in [0.29, 0.717) is 11.8 Å². The second-order valence-electron chi connectivity index (χ2n) is 4.39. The quantitative estimate of drug-likeness (QED) is 0.684. The van der Waals surface area contributed by atoms with E-state index in [-0.39, 0.29) is 6.04 Å². The Morgan fingerprint density at radius 2 is 2.15 bits per heavy atom. The maximum absolute atomic E-state index is 11.7. The first kappa shape index (κ1) is 9.00. The molecule has 1 atom stereocenters. The van der Waals surface area contributed by atoms with Crippen LogP contribution in [0, 0.1) is 5.92 Å². The fourth-order valence-electron chi connectivity index (χ4n) is 1.93. The highest BCUT2D eigenvalue weighted by atomic mass is 16.2. The molecule has 1 amide bonds. The summed E-state index contributed by atoms with van der Waals surface area (Å²) in [7, 11) is 0. The topological polar surface area (TPSA) is 46.3 Å². The van der Waals surface area contributed by atoms with Crippen molar-refractivity contribution in [1.29, 1.82) is 0 Å². The van der Waals surface area contributed by atoms with E-state index in [0.717, 1.165) is 32.4 Å². The number of piperidine rings is 1. The Morgan fingerprint density at radius 1 is 1.38 bits per heavy atom. The molecular formula is C10H18N2O. The average molecular weight is 182 g/mol. The molecule has 1 saturated carbocycles. The van der Waals surface area contributed by atoms with Gasteiger partial charge in [-0.1, -0.05) is 0 Å². The first-order valence-corrected chi connectivity index (χ1v) is 5.29. The summed E-state index contributed by atoms with van der Waals surface area (Å²) in [5.74, 6) is 1.03. The van der Waals surface area contributed by atoms with Crippen molar-refractivity contribution in [2.24, 2.45) is 11.7 Å². The molecule has 2 aliphatic rings. The van der Waals surface area contributed by atoms with Gasteiger partial charge in [0.15, 0.2) is 0 Å². The number of hydrogen-bond acceptors (Lipinski definition) is 2. The normalized spacial score (nSPS) is 29.0. The van der Waals surface area contributed by atoms with E-state index in [1.54, 1.807) is 0 Å². The van der Waals surface area contributed by atoms with Gasteiger partial charge in [0.25, 0.3) is 0 Å². The Morgan fingerprint density at radius 3 is 2.77 bits per heavy atom. The van der Waals surface area contributed by atoms with Crippen LogP contribution >= 0.6 is 0 Å². The van der Waals surface area contributed by atoms with Crippen LogP contribution in [0.3, 0.4) is 0 Å². The zero-order chi connectivity index (χ0) is 9.26. The van der Waals surface area contributed by atoms with Gasteiger partial charge in [-0.25, -0.2) is 0 Å². The first-order chi connectivity index (χ1) is 6.25. The minimum absolute atomic E-state index is 0.219. The molecule has 1 aliphatic carbocycles. The van der Waals surface area contributed by atoms with Crippen LogP contribution in [0.15, 0.2) is 0 Å². The second kappa shape index (κ2) is 3.66. The lowest BCUT2D eigenvalue weighted by Gasteiger charge is -2.30. The summed E-state index contributed by atoms with van der Waals surface area (Å²) in [4.78, 5) is 13.6. The predicted molar refractivity (Wildman–Crippen MR) is 51.1 cm³/mol. The number of carbonyl (C=O) groups is 1. The molecule has 0 aromatic heterocycles. The van der Waals surface area contributed by atoms with Crippen molar-refractivity contribution in [3.8, 4) is 0 Å². The van der Waals surface area contributed by atoms with Gasteiger partial charge in [-0.05, 0) is 31.6 Å². The Bertz CT molecular complexity index is 201. The number of likely N-dealkylation sites (tertiary alicyclic amines) is 1. The highest BCUT2D eigenvalue weighted by molar-refractivity contribution is 5.76. The summed E-state index contributed by atoms with van der Waals surface area (Å²) in [5.41, 5.74) is 5.82. The van der Waals surface area contributed by atoms with Gasteiger partial charge >= 0.3 is 0 Å². The summed E-state index contributed by atoms with van der Waals surface area (Å²) in [5, 5.41) is 0. The van der Waals surface area contributed by atoms with Crippen molar-refractivity contribution in [2.75, 3.05) is 13.1 Å². The molecule has 3 heteroatoms. The molecule has 2 fully saturated rings. The molecule has 1 saturated heterocycles. The van der Waals surface area contributed by atoms with Gasteiger partial charge in [-0.15, -0.1) is 0 Å². The number of carbonyl (C=O) groups excluding carboxylic acids is 1. The monoisotopic (exact) mass is 182 g/mol. The standard InChI is InChI=1S/C10H18N2O/c11-9-2-1-5-12(7-9)10(13)6-8-3-4-8/h8-9H,1-7,11H2/t9-/m1/s1. The third-order valence-electron chi connectivity index (χ3n) is 2.97. The fraction of sp³-hybridized carbons (Fsp3) is 0.900. The van der Waals surface area contributed by atoms with E-state index in [2.05, 4.69) is 0 Å². The van der Waals surface area contributed by atoms with Crippen molar-refractivity contribution in [3.63, 3.8) is 0 Å². The number of nitrogens with zero attached hydrogens (tertiary/aromatic N) is 1. The molecule has 13 heavy (non-hydrogen) atoms. The Labute approximate surface area is 79.3 Å². The van der Waals surface area contributed by atoms with Crippen LogP contribution < -0.4 is 5.73 Å². The SMILES string of the molecule is N[C@@H]1CCCN(C(=O)CC2CC2)C1. The van der Waals surface area contributed by atoms with Crippen molar-refractivity contribution in [1.82, 2.24) is 4.90 Å². The second-order valence-corrected chi connectivity index (χ2v) is 4.39. The smallest absolute Gasteiger partial charge is 0.222 e. The van der Waals surface area contributed by atoms with E-state index in [9.17, 15) is 4.79 Å². The van der Waals surface area contributed by atoms with Crippen LogP contribution in [0.5, 0.6) is 0 Å². The van der Waals surface area contributed by atoms with E-state index >= 15 is 0 Å². The van der Waals surface area contributed by atoms with Crippen LogP contribution in [0.4, 0.5) is 0 Å². The van der Waals surface area contributed by atoms with Gasteiger partial charge in [0.1, 0.15) is 0 Å². The number of rotatable bonds is 2. The van der Waals surface area contributed by atoms with Crippen LogP contribution in [0.25, 0.3) is 0 Å². The molecule has 2 rings (SSSR count). The number of amides is 1. The van der Waals surface area contributed by atoms with Gasteiger partial charge in [0, 0.05) is 25.6 Å². The predicted octanol–water partition coefficient (Wildman–Crippen LogP) is 0.736. The summed E-state index contributed by atoms with van der Waals surface area (Å²) >= 11 is 0. The molecule has 2 N–H and O–H groups in total. The van der Waals surface area contributed by atoms with Crippen molar-refractivity contribution in [3.05, 3.63) is 0 Å². The molecule has 0 bridgehead atoms. The molecule has 0 unspecified atom stereocenters. The number of hydrogen-bond donors (Lipinski definition) is 1. The van der Waals surface area contributed by atoms with Crippen LogP contribution in [-0.2, 0) is 4.79 Å². The summed E-state index contributed by atoms with van der Waals surface area (Å²) in [6.45, 7) is 1.71. The molecule has 0 aromatic rings. The zero-order valence-electron chi connectivity index (χ0n) is 8.04. The lowest BCUT2D eigenvalue weighted by Crippen LogP contribution is -2.45. The largest absolute Gasteiger partial charge is 0.341 e. The molecule has 0 radical (unpaired) electrons. The summed E-state index contributed by atoms with van der Waals surface area (Å²) < 4.78 is 0. The molecular weight excluding hydrogens is 164 g/mol. The van der Waals surface area contributed by atoms with E-state index in [4.69, 9.17) is 5.73 Å². The van der Waals surface area contributed by atoms with Crippen LogP contribution in [0.1, 0.15) is 32.1 Å². The lowest BCUT2D eigenvalue weighted by atomic mass is 10.1. The first-order valence-electron chi connectivity index (χ1n) is 5.29. The van der Waals surface area contributed by atoms with E-state index < -0.39 is 0 Å². The highest BCUT2D eigenvalue weighted by Crippen LogP contribution is 2.33. The fourth-order valence-corrected chi connectivity index (χ4v) is 1.93. The van der Waals surface area contributed by atoms with Gasteiger partial charge in [0.05, 0.1) is 0 Å². The molecule has 1 aliphatic heterocycles. The maximum atomic E-state index is 11.7. The zero-order valence-corrected chi connectivity index (χ0v) is 8.04. The van der Waals surface area contributed by atoms with Crippen LogP contribution in [-0.4, -0.2) is 29.9 Å². The Hall–Kier alpha value is -0.570. The molecule has 0 spiro atoms. The van der Waals surface area contributed by atoms with Gasteiger partial charge in [-0.2, -0.15) is 0 Å². The van der Waals surface area contributed by atoms with Crippen molar-refractivity contribution >= 4 is 5.91 Å². The van der Waals surface area contributed by atoms with Crippen LogP contribution in [0.2, 0.25) is 0 Å². The molecule has 3 nitrogen and oxygen atoms in total. The summed E-state index contributed by atoms with van der Waals surface area (Å²) in [6.07, 6.45) is 5.44. The number of nitrogens with two attached hydrogens (primary N) is 1. The summed E-state index contributed by atoms with van der Waals surface area (Å²) in [6, 6.07) is 0.219. The van der Waals surface area contributed by atoms with E-state index in [1.165, 1.54) is 12.8 Å². The Kier molecular flexibility index (Phi) is 2.54. The average Bonchev–Trinajstić information content (AvgIpc) is 2.88. The lowest BCUT2D eigenvalue weighted by molar-refractivity contribution is -0.132. The highest BCUT2D eigenvalue weighted by Gasteiger charge is 2.28. The molecule has 1 heterocycles. The van der Waals surface area contributed by atoms with Crippen molar-refractivity contribution in [2.45, 2.75) is 38.1 Å². The molecule has 74 valence electrons. The Balaban J connectivity index is 1.80. The van der Waals surface area contributed by atoms with Gasteiger partial charge < -0.3 is 10.6 Å². The van der Waals surface area contributed by atoms with Gasteiger partial charge in [-0.3, -0.25) is 4.79 Å². The maximum Gasteiger partial charge on any atom is 0.222 e. The minimum Gasteiger partial charge on any atom is -0.341 e.